The molecule has 1 aliphatic rings. The zero-order valence-corrected chi connectivity index (χ0v) is 21.8. The van der Waals surface area contributed by atoms with E-state index in [-0.39, 0.29) is 29.2 Å². The van der Waals surface area contributed by atoms with Crippen molar-refractivity contribution in [1.82, 2.24) is 29.7 Å². The molecular formula is C27H28F3N7O2. The van der Waals surface area contributed by atoms with E-state index < -0.39 is 17.6 Å². The summed E-state index contributed by atoms with van der Waals surface area (Å²) < 4.78 is 47.8. The van der Waals surface area contributed by atoms with Crippen LogP contribution in [0.25, 0.3) is 11.2 Å². The summed E-state index contributed by atoms with van der Waals surface area (Å²) in [5, 5.41) is 2.59. The second kappa shape index (κ2) is 10.6. The van der Waals surface area contributed by atoms with Crippen molar-refractivity contribution in [3.63, 3.8) is 0 Å². The summed E-state index contributed by atoms with van der Waals surface area (Å²) in [6.07, 6.45) is -3.07. The van der Waals surface area contributed by atoms with E-state index in [1.54, 1.807) is 19.1 Å². The van der Waals surface area contributed by atoms with Gasteiger partial charge in [0, 0.05) is 44.0 Å². The van der Waals surface area contributed by atoms with E-state index in [0.29, 0.717) is 35.8 Å². The summed E-state index contributed by atoms with van der Waals surface area (Å²) in [6.45, 7) is 6.73. The normalized spacial score (nSPS) is 15.0. The average molecular weight is 540 g/mol. The third-order valence-electron chi connectivity index (χ3n) is 6.68. The van der Waals surface area contributed by atoms with Crippen LogP contribution in [0.5, 0.6) is 11.6 Å². The maximum Gasteiger partial charge on any atom is 0.416 e. The number of amides is 1. The molecule has 12 heteroatoms. The largest absolute Gasteiger partial charge is 0.437 e. The van der Waals surface area contributed by atoms with Crippen molar-refractivity contribution in [2.24, 2.45) is 0 Å². The van der Waals surface area contributed by atoms with E-state index >= 15 is 0 Å². The van der Waals surface area contributed by atoms with Gasteiger partial charge in [-0.25, -0.2) is 9.97 Å². The Morgan fingerprint density at radius 3 is 2.59 bits per heavy atom. The maximum absolute atomic E-state index is 14.0. The van der Waals surface area contributed by atoms with Crippen molar-refractivity contribution in [2.75, 3.05) is 38.5 Å². The topological polar surface area (TPSA) is 99.3 Å². The Hall–Kier alpha value is -4.03. The molecular weight excluding hydrogens is 511 g/mol. The number of hydrogen-bond acceptors (Lipinski definition) is 7. The molecule has 3 heterocycles. The Balaban J connectivity index is 1.36. The monoisotopic (exact) mass is 539 g/mol. The molecule has 2 aromatic heterocycles. The van der Waals surface area contributed by atoms with Gasteiger partial charge in [-0.15, -0.1) is 0 Å². The first kappa shape index (κ1) is 26.6. The number of halogens is 3. The summed E-state index contributed by atoms with van der Waals surface area (Å²) in [5.74, 6) is 0.502. The first-order valence-corrected chi connectivity index (χ1v) is 12.5. The first-order chi connectivity index (χ1) is 18.6. The standard InChI is InChI=1S/C27H28F3N7O2/c1-16-4-5-18(12-22(16)39-26-23-24(32-15-31-23)33-17(2)34-26)25(38)35-20-7-6-19(21(13-20)27(28,29)30)14-37-10-8-36(3)9-11-37/h4-7,12-13,15H,8-11,14H2,1-3H3,(H,35,38)(H,31,32,33,34). The van der Waals surface area contributed by atoms with Crippen LogP contribution in [0, 0.1) is 13.8 Å². The van der Waals surface area contributed by atoms with Crippen LogP contribution in [-0.2, 0) is 12.7 Å². The van der Waals surface area contributed by atoms with E-state index in [1.807, 2.05) is 18.9 Å². The van der Waals surface area contributed by atoms with E-state index in [1.165, 1.54) is 24.5 Å². The third-order valence-corrected chi connectivity index (χ3v) is 6.68. The molecule has 0 bridgehead atoms. The van der Waals surface area contributed by atoms with Gasteiger partial charge in [0.1, 0.15) is 11.6 Å². The number of imidazole rings is 1. The van der Waals surface area contributed by atoms with Crippen LogP contribution < -0.4 is 10.1 Å². The van der Waals surface area contributed by atoms with Gasteiger partial charge in [-0.3, -0.25) is 9.69 Å². The molecule has 1 amide bonds. The maximum atomic E-state index is 14.0. The number of nitrogens with zero attached hydrogens (tertiary/aromatic N) is 5. The fraction of sp³-hybridized carbons (Fsp3) is 0.333. The number of rotatable bonds is 6. The minimum atomic E-state index is -4.55. The number of aromatic nitrogens is 4. The van der Waals surface area contributed by atoms with Gasteiger partial charge in [0.15, 0.2) is 11.2 Å². The van der Waals surface area contributed by atoms with Crippen molar-refractivity contribution in [3.8, 4) is 11.6 Å². The third kappa shape index (κ3) is 6.02. The van der Waals surface area contributed by atoms with Crippen LogP contribution in [0.3, 0.4) is 0 Å². The minimum absolute atomic E-state index is 0.0575. The summed E-state index contributed by atoms with van der Waals surface area (Å²) >= 11 is 0. The number of fused-ring (bicyclic) bond motifs is 1. The summed E-state index contributed by atoms with van der Waals surface area (Å²) in [5.41, 5.74) is 1.39. The Labute approximate surface area is 223 Å². The van der Waals surface area contributed by atoms with Crippen LogP contribution in [0.2, 0.25) is 0 Å². The number of anilines is 1. The van der Waals surface area contributed by atoms with E-state index in [0.717, 1.165) is 24.7 Å². The van der Waals surface area contributed by atoms with Crippen molar-refractivity contribution < 1.29 is 22.7 Å². The van der Waals surface area contributed by atoms with E-state index in [9.17, 15) is 18.0 Å². The highest BCUT2D eigenvalue weighted by molar-refractivity contribution is 6.04. The first-order valence-electron chi connectivity index (χ1n) is 12.5. The Kier molecular flexibility index (Phi) is 7.23. The Bertz CT molecular complexity index is 1510. The van der Waals surface area contributed by atoms with Crippen molar-refractivity contribution >= 4 is 22.8 Å². The van der Waals surface area contributed by atoms with Crippen molar-refractivity contribution in [3.05, 3.63) is 70.8 Å². The molecule has 0 atom stereocenters. The molecule has 1 fully saturated rings. The number of piperazine rings is 1. The molecule has 204 valence electrons. The number of benzene rings is 2. The van der Waals surface area contributed by atoms with Gasteiger partial charge >= 0.3 is 6.18 Å². The van der Waals surface area contributed by atoms with Crippen LogP contribution in [0.4, 0.5) is 18.9 Å². The number of alkyl halides is 3. The lowest BCUT2D eigenvalue weighted by Gasteiger charge is -2.33. The second-order valence-corrected chi connectivity index (χ2v) is 9.66. The quantitative estimate of drug-likeness (QED) is 0.364. The SMILES string of the molecule is Cc1nc(Oc2cc(C(=O)Nc3ccc(CN4CCN(C)CC4)c(C(F)(F)F)c3)ccc2C)c2nc[nH]c2n1. The van der Waals surface area contributed by atoms with Gasteiger partial charge in [0.05, 0.1) is 11.9 Å². The number of aryl methyl sites for hydroxylation is 2. The fourth-order valence-electron chi connectivity index (χ4n) is 4.45. The highest BCUT2D eigenvalue weighted by Crippen LogP contribution is 2.35. The lowest BCUT2D eigenvalue weighted by molar-refractivity contribution is -0.138. The second-order valence-electron chi connectivity index (χ2n) is 9.66. The summed E-state index contributed by atoms with van der Waals surface area (Å²) in [6, 6.07) is 8.73. The van der Waals surface area contributed by atoms with Gasteiger partial charge in [-0.05, 0) is 56.3 Å². The predicted molar refractivity (Wildman–Crippen MR) is 140 cm³/mol. The highest BCUT2D eigenvalue weighted by Gasteiger charge is 2.34. The molecule has 4 aromatic rings. The molecule has 9 nitrogen and oxygen atoms in total. The number of aromatic amines is 1. The Morgan fingerprint density at radius 2 is 1.85 bits per heavy atom. The molecule has 0 radical (unpaired) electrons. The molecule has 2 aromatic carbocycles. The van der Waals surface area contributed by atoms with Gasteiger partial charge in [0.25, 0.3) is 11.8 Å². The van der Waals surface area contributed by atoms with Gasteiger partial charge in [-0.2, -0.15) is 18.2 Å². The van der Waals surface area contributed by atoms with Gasteiger partial charge < -0.3 is 19.9 Å². The van der Waals surface area contributed by atoms with Crippen LogP contribution >= 0.6 is 0 Å². The number of hydrogen-bond donors (Lipinski definition) is 2. The molecule has 0 unspecified atom stereocenters. The molecule has 0 spiro atoms. The fourth-order valence-corrected chi connectivity index (χ4v) is 4.45. The number of nitrogens with one attached hydrogen (secondary N) is 2. The number of ether oxygens (including phenoxy) is 1. The van der Waals surface area contributed by atoms with Gasteiger partial charge in [-0.1, -0.05) is 12.1 Å². The lowest BCUT2D eigenvalue weighted by Crippen LogP contribution is -2.44. The number of H-pyrrole nitrogens is 1. The van der Waals surface area contributed by atoms with Crippen molar-refractivity contribution in [2.45, 2.75) is 26.6 Å². The molecule has 0 saturated carbocycles. The van der Waals surface area contributed by atoms with Crippen LogP contribution in [-0.4, -0.2) is 68.9 Å². The molecule has 1 aliphatic heterocycles. The summed E-state index contributed by atoms with van der Waals surface area (Å²) in [7, 11) is 1.99. The molecule has 39 heavy (non-hydrogen) atoms. The molecule has 1 saturated heterocycles. The van der Waals surface area contributed by atoms with Gasteiger partial charge in [0.2, 0.25) is 0 Å². The zero-order valence-electron chi connectivity index (χ0n) is 21.8. The van der Waals surface area contributed by atoms with E-state index in [4.69, 9.17) is 4.74 Å². The predicted octanol–water partition coefficient (Wildman–Crippen LogP) is 4.78. The lowest BCUT2D eigenvalue weighted by atomic mass is 10.0. The zero-order chi connectivity index (χ0) is 27.7. The highest BCUT2D eigenvalue weighted by atomic mass is 19.4. The van der Waals surface area contributed by atoms with Crippen LogP contribution in [0.1, 0.15) is 32.9 Å². The Morgan fingerprint density at radius 1 is 1.08 bits per heavy atom. The minimum Gasteiger partial charge on any atom is -0.437 e. The molecule has 2 N–H and O–H groups in total. The van der Waals surface area contributed by atoms with Crippen molar-refractivity contribution in [1.29, 1.82) is 0 Å². The summed E-state index contributed by atoms with van der Waals surface area (Å²) in [4.78, 5) is 32.9. The number of likely N-dealkylation sites (N-methyl/N-ethyl adjacent to an activating group) is 1. The number of carbonyl (C=O) groups is 1. The molecule has 0 aliphatic carbocycles. The molecule has 5 rings (SSSR count). The van der Waals surface area contributed by atoms with Crippen LogP contribution in [0.15, 0.2) is 42.7 Å². The average Bonchev–Trinajstić information content (AvgIpc) is 3.35. The number of carbonyl (C=O) groups excluding carboxylic acids is 1. The van der Waals surface area contributed by atoms with E-state index in [2.05, 4.69) is 30.2 Å². The smallest absolute Gasteiger partial charge is 0.416 e.